The lowest BCUT2D eigenvalue weighted by Crippen LogP contribution is -2.27. The van der Waals surface area contributed by atoms with Gasteiger partial charge in [-0.05, 0) is 24.5 Å². The Labute approximate surface area is 142 Å². The molecule has 1 aromatic rings. The van der Waals surface area contributed by atoms with Crippen LogP contribution in [0.2, 0.25) is 0 Å². The molecule has 6 heteroatoms. The maximum Gasteiger partial charge on any atom is 0.259 e. The number of nitrogens with one attached hydrogen (secondary N) is 1. The van der Waals surface area contributed by atoms with Crippen LogP contribution in [-0.2, 0) is 9.59 Å². The minimum Gasteiger partial charge on any atom is -0.484 e. The first-order valence-corrected chi connectivity index (χ1v) is 7.63. The second kappa shape index (κ2) is 7.95. The van der Waals surface area contributed by atoms with Crippen LogP contribution >= 0.6 is 0 Å². The van der Waals surface area contributed by atoms with E-state index < -0.39 is 11.7 Å². The number of halogens is 1. The molecular formula is C18H25FN2O3. The number of nitrogens with zero attached hydrogens (tertiary/aromatic N) is 1. The van der Waals surface area contributed by atoms with E-state index in [4.69, 9.17) is 4.74 Å². The van der Waals surface area contributed by atoms with Crippen LogP contribution in [0, 0.1) is 11.2 Å². The molecule has 0 unspecified atom stereocenters. The fraction of sp³-hybridized carbons (Fsp3) is 0.444. The molecule has 0 bridgehead atoms. The van der Waals surface area contributed by atoms with Gasteiger partial charge in [0, 0.05) is 26.2 Å². The van der Waals surface area contributed by atoms with Crippen LogP contribution in [0.3, 0.4) is 0 Å². The van der Waals surface area contributed by atoms with Gasteiger partial charge in [-0.1, -0.05) is 26.3 Å². The molecule has 132 valence electrons. The molecule has 0 aliphatic carbocycles. The average Bonchev–Trinajstić information content (AvgIpc) is 2.46. The molecule has 0 saturated heterocycles. The molecule has 1 rings (SSSR count). The Morgan fingerprint density at radius 3 is 2.42 bits per heavy atom. The van der Waals surface area contributed by atoms with E-state index >= 15 is 0 Å². The van der Waals surface area contributed by atoms with Gasteiger partial charge in [-0.2, -0.15) is 0 Å². The molecule has 24 heavy (non-hydrogen) atoms. The van der Waals surface area contributed by atoms with E-state index in [9.17, 15) is 14.0 Å². The fourth-order valence-corrected chi connectivity index (χ4v) is 1.54. The second-order valence-corrected chi connectivity index (χ2v) is 6.79. The molecule has 1 N–H and O–H groups in total. The van der Waals surface area contributed by atoms with Gasteiger partial charge in [-0.25, -0.2) is 4.39 Å². The van der Waals surface area contributed by atoms with Crippen LogP contribution in [0.25, 0.3) is 0 Å². The van der Waals surface area contributed by atoms with Gasteiger partial charge in [-0.15, -0.1) is 0 Å². The second-order valence-electron chi connectivity index (χ2n) is 6.79. The largest absolute Gasteiger partial charge is 0.484 e. The zero-order valence-corrected chi connectivity index (χ0v) is 15.1. The molecule has 1 aromatic carbocycles. The van der Waals surface area contributed by atoms with Crippen molar-refractivity contribution in [1.82, 2.24) is 4.90 Å². The zero-order valence-electron chi connectivity index (χ0n) is 15.1. The van der Waals surface area contributed by atoms with Gasteiger partial charge >= 0.3 is 0 Å². The summed E-state index contributed by atoms with van der Waals surface area (Å²) in [7, 11) is 3.22. The first-order chi connectivity index (χ1) is 11.0. The predicted molar refractivity (Wildman–Crippen MR) is 92.4 cm³/mol. The van der Waals surface area contributed by atoms with Gasteiger partial charge < -0.3 is 15.0 Å². The van der Waals surface area contributed by atoms with Crippen LogP contribution in [0.4, 0.5) is 10.1 Å². The highest BCUT2D eigenvalue weighted by Gasteiger charge is 2.15. The van der Waals surface area contributed by atoms with E-state index in [0.29, 0.717) is 0 Å². The van der Waals surface area contributed by atoms with Gasteiger partial charge in [0.15, 0.2) is 6.61 Å². The lowest BCUT2D eigenvalue weighted by molar-refractivity contribution is -0.130. The van der Waals surface area contributed by atoms with E-state index in [1.165, 1.54) is 23.1 Å². The normalized spacial score (nSPS) is 11.9. The predicted octanol–water partition coefficient (Wildman–Crippen LogP) is 3.22. The van der Waals surface area contributed by atoms with Crippen molar-refractivity contribution in [2.24, 2.45) is 5.41 Å². The van der Waals surface area contributed by atoms with E-state index in [2.05, 4.69) is 5.32 Å². The smallest absolute Gasteiger partial charge is 0.259 e. The first kappa shape index (κ1) is 19.7. The molecule has 0 aliphatic rings. The SMILES string of the molecule is CC(=CC(=O)Nc1ccc(OCC(=O)N(C)C)cc1F)C(C)(C)C. The number of hydrogen-bond acceptors (Lipinski definition) is 3. The van der Waals surface area contributed by atoms with Crippen LogP contribution in [0.5, 0.6) is 5.75 Å². The van der Waals surface area contributed by atoms with Gasteiger partial charge in [0.25, 0.3) is 5.91 Å². The van der Waals surface area contributed by atoms with Crippen molar-refractivity contribution in [1.29, 1.82) is 0 Å². The number of allylic oxidation sites excluding steroid dienone is 1. The van der Waals surface area contributed by atoms with Crippen LogP contribution in [-0.4, -0.2) is 37.4 Å². The van der Waals surface area contributed by atoms with Gasteiger partial charge in [0.05, 0.1) is 5.69 Å². The summed E-state index contributed by atoms with van der Waals surface area (Å²) >= 11 is 0. The topological polar surface area (TPSA) is 58.6 Å². The first-order valence-electron chi connectivity index (χ1n) is 7.63. The highest BCUT2D eigenvalue weighted by Crippen LogP contribution is 2.25. The standard InChI is InChI=1S/C18H25FN2O3/c1-12(18(2,3)4)9-16(22)20-15-8-7-13(10-14(15)19)24-11-17(23)21(5)6/h7-10H,11H2,1-6H3,(H,20,22). The summed E-state index contributed by atoms with van der Waals surface area (Å²) in [6.07, 6.45) is 1.46. The number of likely N-dealkylation sites (N-methyl/N-ethyl adjacent to an activating group) is 1. The minimum absolute atomic E-state index is 0.0595. The maximum atomic E-state index is 14.1. The van der Waals surface area contributed by atoms with Crippen molar-refractivity contribution < 1.29 is 18.7 Å². The third-order valence-corrected chi connectivity index (χ3v) is 3.59. The van der Waals surface area contributed by atoms with Crippen LogP contribution in [0.1, 0.15) is 27.7 Å². The molecule has 0 aliphatic heterocycles. The molecule has 5 nitrogen and oxygen atoms in total. The number of amides is 2. The van der Waals surface area contributed by atoms with Crippen molar-refractivity contribution >= 4 is 17.5 Å². The lowest BCUT2D eigenvalue weighted by atomic mass is 9.87. The Balaban J connectivity index is 2.75. The van der Waals surface area contributed by atoms with E-state index in [0.717, 1.165) is 11.6 Å². The van der Waals surface area contributed by atoms with Crippen LogP contribution < -0.4 is 10.1 Å². The quantitative estimate of drug-likeness (QED) is 0.840. The Kier molecular flexibility index (Phi) is 6.51. The Hall–Kier alpha value is -2.37. The summed E-state index contributed by atoms with van der Waals surface area (Å²) in [5.41, 5.74) is 0.818. The summed E-state index contributed by atoms with van der Waals surface area (Å²) < 4.78 is 19.3. The van der Waals surface area contributed by atoms with E-state index in [-0.39, 0.29) is 29.4 Å². The highest BCUT2D eigenvalue weighted by atomic mass is 19.1. The lowest BCUT2D eigenvalue weighted by Gasteiger charge is -2.19. The number of benzene rings is 1. The summed E-state index contributed by atoms with van der Waals surface area (Å²) in [6, 6.07) is 4.05. The Morgan fingerprint density at radius 1 is 1.29 bits per heavy atom. The summed E-state index contributed by atoms with van der Waals surface area (Å²) in [5, 5.41) is 2.50. The van der Waals surface area contributed by atoms with Crippen molar-refractivity contribution in [3.63, 3.8) is 0 Å². The summed E-state index contributed by atoms with van der Waals surface area (Å²) in [4.78, 5) is 24.8. The average molecular weight is 336 g/mol. The molecule has 0 spiro atoms. The summed E-state index contributed by atoms with van der Waals surface area (Å²) in [5.74, 6) is -1.02. The molecule has 0 radical (unpaired) electrons. The number of hydrogen-bond donors (Lipinski definition) is 1. The van der Waals surface area contributed by atoms with Crippen molar-refractivity contribution in [3.8, 4) is 5.75 Å². The Morgan fingerprint density at radius 2 is 1.92 bits per heavy atom. The van der Waals surface area contributed by atoms with Crippen molar-refractivity contribution in [3.05, 3.63) is 35.7 Å². The summed E-state index contributed by atoms with van der Waals surface area (Å²) in [6.45, 7) is 7.66. The van der Waals surface area contributed by atoms with Crippen molar-refractivity contribution in [2.75, 3.05) is 26.0 Å². The monoisotopic (exact) mass is 336 g/mol. The Bertz CT molecular complexity index is 646. The molecular weight excluding hydrogens is 311 g/mol. The number of carbonyl (C=O) groups excluding carboxylic acids is 2. The van der Waals surface area contributed by atoms with Crippen molar-refractivity contribution in [2.45, 2.75) is 27.7 Å². The fourth-order valence-electron chi connectivity index (χ4n) is 1.54. The third-order valence-electron chi connectivity index (χ3n) is 3.59. The van der Waals surface area contributed by atoms with E-state index in [1.807, 2.05) is 27.7 Å². The molecule has 0 atom stereocenters. The molecule has 0 fully saturated rings. The third kappa shape index (κ3) is 6.02. The van der Waals surface area contributed by atoms with Gasteiger partial charge in [0.2, 0.25) is 5.91 Å². The molecule has 0 saturated carbocycles. The molecule has 0 heterocycles. The number of ether oxygens (including phenoxy) is 1. The van der Waals surface area contributed by atoms with E-state index in [1.54, 1.807) is 14.1 Å². The molecule has 0 aromatic heterocycles. The number of anilines is 1. The van der Waals surface area contributed by atoms with Gasteiger partial charge in [-0.3, -0.25) is 9.59 Å². The zero-order chi connectivity index (χ0) is 18.5. The molecule has 2 amide bonds. The number of carbonyl (C=O) groups is 2. The van der Waals surface area contributed by atoms with Crippen LogP contribution in [0.15, 0.2) is 29.8 Å². The minimum atomic E-state index is -0.625. The maximum absolute atomic E-state index is 14.1. The highest BCUT2D eigenvalue weighted by molar-refractivity contribution is 5.99. The van der Waals surface area contributed by atoms with Gasteiger partial charge in [0.1, 0.15) is 11.6 Å². The number of rotatable bonds is 5.